The molecule has 11 aromatic carbocycles. The van der Waals surface area contributed by atoms with Crippen LogP contribution in [0.3, 0.4) is 0 Å². The van der Waals surface area contributed by atoms with Crippen molar-refractivity contribution in [2.75, 3.05) is 0 Å². The van der Waals surface area contributed by atoms with Crippen LogP contribution in [-0.2, 0) is 5.41 Å². The Kier molecular flexibility index (Phi) is 8.28. The Morgan fingerprint density at radius 3 is 1.50 bits per heavy atom. The maximum atomic E-state index is 5.52. The number of nitrogens with zero attached hydrogens (tertiary/aromatic N) is 3. The Balaban J connectivity index is 0.958. The van der Waals surface area contributed by atoms with Gasteiger partial charge in [-0.2, -0.15) is 0 Å². The third kappa shape index (κ3) is 5.52. The normalized spacial score (nSPS) is 13.0. The van der Waals surface area contributed by atoms with Crippen LogP contribution in [0.25, 0.3) is 116 Å². The molecular weight excluding hydrogens is 847 g/mol. The highest BCUT2D eigenvalue weighted by molar-refractivity contribution is 6.12. The molecule has 2 aliphatic carbocycles. The molecular formula is C67H41N3. The molecule has 2 aromatic heterocycles. The van der Waals surface area contributed by atoms with Gasteiger partial charge in [-0.05, 0) is 131 Å². The summed E-state index contributed by atoms with van der Waals surface area (Å²) in [6, 6.07) is 91.1. The number of para-hydroxylation sites is 1. The van der Waals surface area contributed by atoms with Crippen molar-refractivity contribution < 1.29 is 0 Å². The molecule has 0 radical (unpaired) electrons. The Hall–Kier alpha value is -9.18. The molecule has 70 heavy (non-hydrogen) atoms. The first-order valence-electron chi connectivity index (χ1n) is 24.1. The van der Waals surface area contributed by atoms with E-state index in [0.717, 1.165) is 55.1 Å². The van der Waals surface area contributed by atoms with Gasteiger partial charge >= 0.3 is 0 Å². The van der Waals surface area contributed by atoms with Crippen LogP contribution in [-0.4, -0.2) is 14.5 Å². The Bertz CT molecular complexity index is 4270. The van der Waals surface area contributed by atoms with Crippen molar-refractivity contribution in [3.63, 3.8) is 0 Å². The standard InChI is InChI=1S/C67H41N3/c1-2-17-43(18-3-1)49-20-6-7-21-50(49)47-34-37-64-57(41-47)56-40-46(33-36-63(56)70(64)66-68-62-29-15-11-25-54(62)65(69-66)48-31-30-42-16-4-5-19-44(42)38-48)45-32-35-61-55(39-45)53-24-10-14-28-60(53)67(61)58-26-12-8-22-51(58)52-23-9-13-27-59(52)67/h1-41H. The fourth-order valence-electron chi connectivity index (χ4n) is 12.2. The van der Waals surface area contributed by atoms with E-state index in [1.54, 1.807) is 0 Å². The summed E-state index contributed by atoms with van der Waals surface area (Å²) in [5, 5.41) is 5.69. The fraction of sp³-hybridized carbons (Fsp3) is 0.0149. The van der Waals surface area contributed by atoms with E-state index in [0.29, 0.717) is 5.95 Å². The van der Waals surface area contributed by atoms with Gasteiger partial charge in [0.15, 0.2) is 0 Å². The highest BCUT2D eigenvalue weighted by Gasteiger charge is 2.51. The Labute approximate surface area is 405 Å². The average Bonchev–Trinajstić information content (AvgIpc) is 4.04. The summed E-state index contributed by atoms with van der Waals surface area (Å²) in [6.45, 7) is 0. The summed E-state index contributed by atoms with van der Waals surface area (Å²) in [7, 11) is 0. The minimum atomic E-state index is -0.382. The van der Waals surface area contributed by atoms with Crippen molar-refractivity contribution in [2.24, 2.45) is 0 Å². The molecule has 0 unspecified atom stereocenters. The molecule has 0 amide bonds. The predicted molar refractivity (Wildman–Crippen MR) is 289 cm³/mol. The highest BCUT2D eigenvalue weighted by atomic mass is 15.2. The molecule has 2 heterocycles. The molecule has 324 valence electrons. The maximum absolute atomic E-state index is 5.52. The molecule has 0 saturated carbocycles. The van der Waals surface area contributed by atoms with Gasteiger partial charge in [-0.15, -0.1) is 0 Å². The monoisotopic (exact) mass is 887 g/mol. The van der Waals surface area contributed by atoms with Crippen molar-refractivity contribution >= 4 is 43.5 Å². The number of benzene rings is 11. The number of hydrogen-bond acceptors (Lipinski definition) is 2. The van der Waals surface area contributed by atoms with E-state index in [1.165, 1.54) is 77.5 Å². The first kappa shape index (κ1) is 38.9. The molecule has 13 aromatic rings. The lowest BCUT2D eigenvalue weighted by Gasteiger charge is -2.30. The van der Waals surface area contributed by atoms with Gasteiger partial charge in [0.05, 0.1) is 27.7 Å². The maximum Gasteiger partial charge on any atom is 0.235 e. The third-order valence-corrected chi connectivity index (χ3v) is 15.2. The number of rotatable bonds is 5. The van der Waals surface area contributed by atoms with Gasteiger partial charge in [0.1, 0.15) is 0 Å². The molecule has 0 saturated heterocycles. The molecule has 0 bridgehead atoms. The molecule has 3 nitrogen and oxygen atoms in total. The second kappa shape index (κ2) is 14.9. The summed E-state index contributed by atoms with van der Waals surface area (Å²) in [6.07, 6.45) is 0. The molecule has 0 aliphatic heterocycles. The number of hydrogen-bond donors (Lipinski definition) is 0. The van der Waals surface area contributed by atoms with E-state index in [-0.39, 0.29) is 5.41 Å². The van der Waals surface area contributed by atoms with Crippen molar-refractivity contribution in [1.82, 2.24) is 14.5 Å². The molecule has 0 N–H and O–H groups in total. The zero-order chi connectivity index (χ0) is 45.9. The van der Waals surface area contributed by atoms with E-state index in [2.05, 4.69) is 253 Å². The molecule has 3 heteroatoms. The van der Waals surface area contributed by atoms with Gasteiger partial charge in [-0.25, -0.2) is 9.97 Å². The van der Waals surface area contributed by atoms with Crippen LogP contribution >= 0.6 is 0 Å². The van der Waals surface area contributed by atoms with Crippen LogP contribution in [0.5, 0.6) is 0 Å². The predicted octanol–water partition coefficient (Wildman–Crippen LogP) is 16.9. The summed E-state index contributed by atoms with van der Waals surface area (Å²) in [5.41, 5.74) is 22.3. The second-order valence-electron chi connectivity index (χ2n) is 18.8. The minimum absolute atomic E-state index is 0.382. The van der Waals surface area contributed by atoms with Crippen LogP contribution in [0.2, 0.25) is 0 Å². The van der Waals surface area contributed by atoms with Crippen molar-refractivity contribution in [1.29, 1.82) is 0 Å². The second-order valence-corrected chi connectivity index (χ2v) is 18.8. The summed E-state index contributed by atoms with van der Waals surface area (Å²) >= 11 is 0. The van der Waals surface area contributed by atoms with Crippen molar-refractivity contribution in [2.45, 2.75) is 5.41 Å². The number of fused-ring (bicyclic) bond motifs is 15. The van der Waals surface area contributed by atoms with E-state index in [9.17, 15) is 0 Å². The molecule has 1 spiro atoms. The van der Waals surface area contributed by atoms with Gasteiger partial charge in [0.2, 0.25) is 5.95 Å². The SMILES string of the molecule is c1ccc(-c2ccccc2-c2ccc3c(c2)c2cc(-c4ccc5c(c4)-c4ccccc4C54c5ccccc5-c5ccccc54)ccc2n3-c2nc(-c3ccc4ccccc4c3)c3ccccc3n2)cc1. The largest absolute Gasteiger partial charge is 0.278 e. The van der Waals surface area contributed by atoms with Crippen LogP contribution < -0.4 is 0 Å². The van der Waals surface area contributed by atoms with Gasteiger partial charge in [0, 0.05) is 21.7 Å². The van der Waals surface area contributed by atoms with E-state index in [4.69, 9.17) is 9.97 Å². The van der Waals surface area contributed by atoms with Crippen LogP contribution in [0.1, 0.15) is 22.3 Å². The number of aromatic nitrogens is 3. The molecule has 0 fully saturated rings. The van der Waals surface area contributed by atoms with Crippen molar-refractivity contribution in [3.8, 4) is 72.8 Å². The molecule has 15 rings (SSSR count). The zero-order valence-corrected chi connectivity index (χ0v) is 38.0. The Morgan fingerprint density at radius 2 is 0.786 bits per heavy atom. The smallest absolute Gasteiger partial charge is 0.235 e. The Morgan fingerprint density at radius 1 is 0.286 bits per heavy atom. The van der Waals surface area contributed by atoms with Crippen LogP contribution in [0, 0.1) is 0 Å². The van der Waals surface area contributed by atoms with Gasteiger partial charge in [-0.1, -0.05) is 206 Å². The lowest BCUT2D eigenvalue weighted by atomic mass is 9.70. The van der Waals surface area contributed by atoms with E-state index in [1.807, 2.05) is 0 Å². The molecule has 2 aliphatic rings. The topological polar surface area (TPSA) is 30.7 Å². The van der Waals surface area contributed by atoms with E-state index >= 15 is 0 Å². The fourth-order valence-corrected chi connectivity index (χ4v) is 12.2. The third-order valence-electron chi connectivity index (χ3n) is 15.2. The lowest BCUT2D eigenvalue weighted by molar-refractivity contribution is 0.794. The zero-order valence-electron chi connectivity index (χ0n) is 38.0. The van der Waals surface area contributed by atoms with Gasteiger partial charge in [-0.3, -0.25) is 4.57 Å². The summed E-state index contributed by atoms with van der Waals surface area (Å²) in [5.74, 6) is 0.642. The van der Waals surface area contributed by atoms with Crippen LogP contribution in [0.4, 0.5) is 0 Å². The van der Waals surface area contributed by atoms with Gasteiger partial charge < -0.3 is 0 Å². The highest BCUT2D eigenvalue weighted by Crippen LogP contribution is 2.63. The first-order chi connectivity index (χ1) is 34.7. The van der Waals surface area contributed by atoms with Gasteiger partial charge in [0.25, 0.3) is 0 Å². The average molecular weight is 888 g/mol. The van der Waals surface area contributed by atoms with Crippen LogP contribution in [0.15, 0.2) is 249 Å². The van der Waals surface area contributed by atoms with E-state index < -0.39 is 0 Å². The first-order valence-corrected chi connectivity index (χ1v) is 24.1. The lowest BCUT2D eigenvalue weighted by Crippen LogP contribution is -2.25. The summed E-state index contributed by atoms with van der Waals surface area (Å²) < 4.78 is 2.27. The molecule has 0 atom stereocenters. The quantitative estimate of drug-likeness (QED) is 0.172. The minimum Gasteiger partial charge on any atom is -0.278 e. The van der Waals surface area contributed by atoms with Crippen molar-refractivity contribution in [3.05, 3.63) is 271 Å². The summed E-state index contributed by atoms with van der Waals surface area (Å²) in [4.78, 5) is 10.9.